The lowest BCUT2D eigenvalue weighted by atomic mass is 9.91. The van der Waals surface area contributed by atoms with Gasteiger partial charge in [-0.3, -0.25) is 0 Å². The minimum atomic E-state index is 0.825. The molecule has 0 aliphatic heterocycles. The summed E-state index contributed by atoms with van der Waals surface area (Å²) in [7, 11) is 0. The van der Waals surface area contributed by atoms with Gasteiger partial charge in [0.1, 0.15) is 0 Å². The fourth-order valence-electron chi connectivity index (χ4n) is 2.02. The first-order chi connectivity index (χ1) is 5.29. The van der Waals surface area contributed by atoms with Crippen molar-refractivity contribution in [3.05, 3.63) is 21.9 Å². The second-order valence-electron chi connectivity index (χ2n) is 3.69. The molecule has 1 atom stereocenters. The van der Waals surface area contributed by atoms with Crippen molar-refractivity contribution < 1.29 is 0 Å². The molecule has 60 valence electrons. The molecule has 1 aromatic rings. The Labute approximate surface area is 72.3 Å². The molecule has 1 aromatic heterocycles. The number of hydrogen-bond acceptors (Lipinski definition) is 1. The van der Waals surface area contributed by atoms with Gasteiger partial charge in [0.15, 0.2) is 0 Å². The first-order valence-corrected chi connectivity index (χ1v) is 5.23. The van der Waals surface area contributed by atoms with E-state index in [1.165, 1.54) is 12.8 Å². The SMILES string of the molecule is CC(C)[C@H]1CCc2sccc21. The summed E-state index contributed by atoms with van der Waals surface area (Å²) in [5.41, 5.74) is 1.64. The topological polar surface area (TPSA) is 0 Å². The Balaban J connectivity index is 2.31. The number of thiophene rings is 1. The van der Waals surface area contributed by atoms with E-state index in [2.05, 4.69) is 25.3 Å². The molecule has 0 saturated carbocycles. The Morgan fingerprint density at radius 3 is 3.09 bits per heavy atom. The molecular weight excluding hydrogens is 152 g/mol. The maximum atomic E-state index is 2.33. The largest absolute Gasteiger partial charge is 0.149 e. The molecule has 0 spiro atoms. The lowest BCUT2D eigenvalue weighted by molar-refractivity contribution is 0.496. The first-order valence-electron chi connectivity index (χ1n) is 4.35. The van der Waals surface area contributed by atoms with Gasteiger partial charge >= 0.3 is 0 Å². The molecule has 2 rings (SSSR count). The Morgan fingerprint density at radius 2 is 2.36 bits per heavy atom. The Bertz CT molecular complexity index is 247. The zero-order valence-electron chi connectivity index (χ0n) is 7.13. The smallest absolute Gasteiger partial charge is 0.00803 e. The van der Waals surface area contributed by atoms with Gasteiger partial charge < -0.3 is 0 Å². The maximum Gasteiger partial charge on any atom is 0.00803 e. The van der Waals surface area contributed by atoms with Gasteiger partial charge in [0.25, 0.3) is 0 Å². The van der Waals surface area contributed by atoms with Crippen molar-refractivity contribution in [3.8, 4) is 0 Å². The zero-order chi connectivity index (χ0) is 7.84. The lowest BCUT2D eigenvalue weighted by Crippen LogP contribution is -2.00. The van der Waals surface area contributed by atoms with Gasteiger partial charge in [-0.15, -0.1) is 11.3 Å². The van der Waals surface area contributed by atoms with Gasteiger partial charge in [0, 0.05) is 4.88 Å². The monoisotopic (exact) mass is 166 g/mol. The van der Waals surface area contributed by atoms with Gasteiger partial charge in [-0.1, -0.05) is 13.8 Å². The van der Waals surface area contributed by atoms with Crippen molar-refractivity contribution in [3.63, 3.8) is 0 Å². The van der Waals surface area contributed by atoms with Crippen LogP contribution in [0.15, 0.2) is 11.4 Å². The third-order valence-electron chi connectivity index (χ3n) is 2.67. The number of hydrogen-bond donors (Lipinski definition) is 0. The second kappa shape index (κ2) is 2.63. The molecule has 0 nitrogen and oxygen atoms in total. The lowest BCUT2D eigenvalue weighted by Gasteiger charge is -2.13. The third-order valence-corrected chi connectivity index (χ3v) is 3.66. The highest BCUT2D eigenvalue weighted by Crippen LogP contribution is 2.40. The van der Waals surface area contributed by atoms with E-state index in [9.17, 15) is 0 Å². The average Bonchev–Trinajstić information content (AvgIpc) is 2.41. The maximum absolute atomic E-state index is 2.33. The van der Waals surface area contributed by atoms with Crippen molar-refractivity contribution >= 4 is 11.3 Å². The fourth-order valence-corrected chi connectivity index (χ4v) is 2.99. The molecule has 0 aromatic carbocycles. The van der Waals surface area contributed by atoms with Crippen LogP contribution in [0, 0.1) is 5.92 Å². The van der Waals surface area contributed by atoms with E-state index in [-0.39, 0.29) is 0 Å². The molecule has 11 heavy (non-hydrogen) atoms. The molecule has 0 amide bonds. The van der Waals surface area contributed by atoms with Gasteiger partial charge in [0.2, 0.25) is 0 Å². The van der Waals surface area contributed by atoms with Crippen molar-refractivity contribution in [2.75, 3.05) is 0 Å². The summed E-state index contributed by atoms with van der Waals surface area (Å²) in [5, 5.41) is 2.24. The van der Waals surface area contributed by atoms with E-state index in [4.69, 9.17) is 0 Å². The van der Waals surface area contributed by atoms with E-state index in [0.29, 0.717) is 0 Å². The minimum Gasteiger partial charge on any atom is -0.149 e. The summed E-state index contributed by atoms with van der Waals surface area (Å²) in [4.78, 5) is 1.64. The zero-order valence-corrected chi connectivity index (χ0v) is 7.95. The van der Waals surface area contributed by atoms with E-state index in [0.717, 1.165) is 11.8 Å². The summed E-state index contributed by atoms with van der Waals surface area (Å²) in [6, 6.07) is 2.32. The second-order valence-corrected chi connectivity index (χ2v) is 4.69. The van der Waals surface area contributed by atoms with Crippen LogP contribution in [0.2, 0.25) is 0 Å². The van der Waals surface area contributed by atoms with Gasteiger partial charge in [-0.05, 0) is 41.7 Å². The van der Waals surface area contributed by atoms with Crippen molar-refractivity contribution in [1.82, 2.24) is 0 Å². The molecule has 0 unspecified atom stereocenters. The van der Waals surface area contributed by atoms with Crippen LogP contribution in [0.4, 0.5) is 0 Å². The van der Waals surface area contributed by atoms with Crippen LogP contribution in [0.25, 0.3) is 0 Å². The number of aryl methyl sites for hydroxylation is 1. The van der Waals surface area contributed by atoms with Crippen molar-refractivity contribution in [2.24, 2.45) is 5.92 Å². The van der Waals surface area contributed by atoms with Crippen LogP contribution in [0.5, 0.6) is 0 Å². The van der Waals surface area contributed by atoms with Gasteiger partial charge in [-0.25, -0.2) is 0 Å². The van der Waals surface area contributed by atoms with Crippen LogP contribution in [-0.2, 0) is 6.42 Å². The number of fused-ring (bicyclic) bond motifs is 1. The third kappa shape index (κ3) is 1.12. The predicted octanol–water partition coefficient (Wildman–Crippen LogP) is 3.43. The standard InChI is InChI=1S/C10H14S/c1-7(2)8-3-4-10-9(8)5-6-11-10/h5-8H,3-4H2,1-2H3/t8-/m1/s1. The average molecular weight is 166 g/mol. The molecule has 1 heteroatoms. The first kappa shape index (κ1) is 7.35. The van der Waals surface area contributed by atoms with Crippen LogP contribution in [0.3, 0.4) is 0 Å². The minimum absolute atomic E-state index is 0.825. The molecule has 0 radical (unpaired) electrons. The number of rotatable bonds is 1. The fraction of sp³-hybridized carbons (Fsp3) is 0.600. The Morgan fingerprint density at radius 1 is 1.55 bits per heavy atom. The molecular formula is C10H14S. The molecule has 0 N–H and O–H groups in total. The van der Waals surface area contributed by atoms with Crippen LogP contribution >= 0.6 is 11.3 Å². The molecule has 0 bridgehead atoms. The molecule has 1 aliphatic rings. The summed E-state index contributed by atoms with van der Waals surface area (Å²) in [5.74, 6) is 1.68. The highest BCUT2D eigenvalue weighted by molar-refractivity contribution is 7.10. The molecule has 1 heterocycles. The predicted molar refractivity (Wildman–Crippen MR) is 50.2 cm³/mol. The van der Waals surface area contributed by atoms with Gasteiger partial charge in [0.05, 0.1) is 0 Å². The van der Waals surface area contributed by atoms with Crippen LogP contribution in [-0.4, -0.2) is 0 Å². The highest BCUT2D eigenvalue weighted by Gasteiger charge is 2.25. The normalized spacial score (nSPS) is 22.6. The Hall–Kier alpha value is -0.300. The van der Waals surface area contributed by atoms with E-state index in [1.807, 2.05) is 11.3 Å². The van der Waals surface area contributed by atoms with E-state index >= 15 is 0 Å². The quantitative estimate of drug-likeness (QED) is 0.599. The summed E-state index contributed by atoms with van der Waals surface area (Å²) >= 11 is 1.93. The van der Waals surface area contributed by atoms with Crippen molar-refractivity contribution in [1.29, 1.82) is 0 Å². The summed E-state index contributed by atoms with van der Waals surface area (Å²) in [6.45, 7) is 4.66. The van der Waals surface area contributed by atoms with E-state index in [1.54, 1.807) is 10.4 Å². The van der Waals surface area contributed by atoms with Crippen LogP contribution < -0.4 is 0 Å². The van der Waals surface area contributed by atoms with Crippen LogP contribution in [0.1, 0.15) is 36.6 Å². The van der Waals surface area contributed by atoms with Crippen molar-refractivity contribution in [2.45, 2.75) is 32.6 Å². The molecule has 1 aliphatic carbocycles. The highest BCUT2D eigenvalue weighted by atomic mass is 32.1. The summed E-state index contributed by atoms with van der Waals surface area (Å²) in [6.07, 6.45) is 2.72. The molecule has 0 fully saturated rings. The van der Waals surface area contributed by atoms with E-state index < -0.39 is 0 Å². The summed E-state index contributed by atoms with van der Waals surface area (Å²) < 4.78 is 0. The van der Waals surface area contributed by atoms with Gasteiger partial charge in [-0.2, -0.15) is 0 Å². The Kier molecular flexibility index (Phi) is 1.76. The molecule has 0 saturated heterocycles.